The molecule has 0 atom stereocenters. The first-order chi connectivity index (χ1) is 7.16. The topological polar surface area (TPSA) is 43.8 Å². The molecule has 4 nitrogen and oxygen atoms in total. The molecule has 0 spiro atoms. The SMILES string of the molecule is CN(C(=O)CN1CCC(O)CC1)C1CC1. The second-order valence-electron chi connectivity index (χ2n) is 4.74. The molecule has 1 saturated heterocycles. The molecule has 1 heterocycles. The maximum absolute atomic E-state index is 11.8. The van der Waals surface area contributed by atoms with Crippen LogP contribution in [0.25, 0.3) is 0 Å². The van der Waals surface area contributed by atoms with Gasteiger partial charge in [-0.05, 0) is 25.7 Å². The summed E-state index contributed by atoms with van der Waals surface area (Å²) in [6, 6.07) is 0.507. The lowest BCUT2D eigenvalue weighted by atomic mass is 10.1. The zero-order valence-corrected chi connectivity index (χ0v) is 9.35. The highest BCUT2D eigenvalue weighted by Crippen LogP contribution is 2.25. The minimum atomic E-state index is -0.155. The minimum Gasteiger partial charge on any atom is -0.393 e. The van der Waals surface area contributed by atoms with Gasteiger partial charge in [0.2, 0.25) is 5.91 Å². The molecule has 1 aliphatic carbocycles. The number of aliphatic hydroxyl groups is 1. The summed E-state index contributed by atoms with van der Waals surface area (Å²) in [7, 11) is 1.90. The average Bonchev–Trinajstić information content (AvgIpc) is 3.04. The van der Waals surface area contributed by atoms with Crippen molar-refractivity contribution in [2.75, 3.05) is 26.7 Å². The Morgan fingerprint density at radius 2 is 1.93 bits per heavy atom. The summed E-state index contributed by atoms with van der Waals surface area (Å²) in [6.07, 6.45) is 3.79. The number of hydrogen-bond acceptors (Lipinski definition) is 3. The third kappa shape index (κ3) is 2.92. The summed E-state index contributed by atoms with van der Waals surface area (Å²) in [5.74, 6) is 0.230. The van der Waals surface area contributed by atoms with Gasteiger partial charge in [0.15, 0.2) is 0 Å². The van der Waals surface area contributed by atoms with Gasteiger partial charge in [0.05, 0.1) is 12.6 Å². The Hall–Kier alpha value is -0.610. The third-order valence-corrected chi connectivity index (χ3v) is 3.40. The maximum atomic E-state index is 11.8. The number of aliphatic hydroxyl groups excluding tert-OH is 1. The molecule has 0 aromatic rings. The van der Waals surface area contributed by atoms with Crippen LogP contribution in [0.15, 0.2) is 0 Å². The molecule has 1 aliphatic heterocycles. The lowest BCUT2D eigenvalue weighted by Gasteiger charge is -2.30. The number of carbonyl (C=O) groups excluding carboxylic acids is 1. The van der Waals surface area contributed by atoms with Crippen molar-refractivity contribution in [2.45, 2.75) is 37.8 Å². The van der Waals surface area contributed by atoms with E-state index in [1.54, 1.807) is 0 Å². The fraction of sp³-hybridized carbons (Fsp3) is 0.909. The summed E-state index contributed by atoms with van der Waals surface area (Å²) < 4.78 is 0. The van der Waals surface area contributed by atoms with Crippen molar-refractivity contribution in [3.63, 3.8) is 0 Å². The van der Waals surface area contributed by atoms with Gasteiger partial charge in [-0.2, -0.15) is 0 Å². The first-order valence-electron chi connectivity index (χ1n) is 5.83. The van der Waals surface area contributed by atoms with Crippen LogP contribution in [0.1, 0.15) is 25.7 Å². The van der Waals surface area contributed by atoms with E-state index >= 15 is 0 Å². The number of rotatable bonds is 3. The summed E-state index contributed by atoms with van der Waals surface area (Å²) in [6.45, 7) is 2.23. The van der Waals surface area contributed by atoms with Crippen LogP contribution in [-0.2, 0) is 4.79 Å². The van der Waals surface area contributed by atoms with Gasteiger partial charge >= 0.3 is 0 Å². The largest absolute Gasteiger partial charge is 0.393 e. The zero-order valence-electron chi connectivity index (χ0n) is 9.35. The van der Waals surface area contributed by atoms with Gasteiger partial charge in [-0.15, -0.1) is 0 Å². The number of likely N-dealkylation sites (tertiary alicyclic amines) is 1. The van der Waals surface area contributed by atoms with Crippen molar-refractivity contribution in [3.05, 3.63) is 0 Å². The fourth-order valence-electron chi connectivity index (χ4n) is 2.05. The van der Waals surface area contributed by atoms with E-state index in [-0.39, 0.29) is 12.0 Å². The quantitative estimate of drug-likeness (QED) is 0.719. The lowest BCUT2D eigenvalue weighted by molar-refractivity contribution is -0.132. The molecule has 0 radical (unpaired) electrons. The predicted octanol–water partition coefficient (Wildman–Crippen LogP) is 0.0639. The number of hydrogen-bond donors (Lipinski definition) is 1. The van der Waals surface area contributed by atoms with Crippen molar-refractivity contribution in [3.8, 4) is 0 Å². The summed E-state index contributed by atoms with van der Waals surface area (Å²) in [5, 5.41) is 9.35. The average molecular weight is 212 g/mol. The smallest absolute Gasteiger partial charge is 0.236 e. The molecule has 1 N–H and O–H groups in total. The van der Waals surface area contributed by atoms with Gasteiger partial charge in [-0.3, -0.25) is 9.69 Å². The van der Waals surface area contributed by atoms with Crippen molar-refractivity contribution in [1.82, 2.24) is 9.80 Å². The van der Waals surface area contributed by atoms with Crippen LogP contribution in [0, 0.1) is 0 Å². The Kier molecular flexibility index (Phi) is 3.26. The minimum absolute atomic E-state index is 0.155. The molecule has 0 aromatic carbocycles. The van der Waals surface area contributed by atoms with Crippen molar-refractivity contribution in [1.29, 1.82) is 0 Å². The second kappa shape index (κ2) is 4.49. The van der Waals surface area contributed by atoms with E-state index < -0.39 is 0 Å². The van der Waals surface area contributed by atoms with E-state index in [1.807, 2.05) is 11.9 Å². The standard InChI is InChI=1S/C11H20N2O2/c1-12(9-2-3-9)11(15)8-13-6-4-10(14)5-7-13/h9-10,14H,2-8H2,1H3. The zero-order chi connectivity index (χ0) is 10.8. The molecule has 1 amide bonds. The fourth-order valence-corrected chi connectivity index (χ4v) is 2.05. The maximum Gasteiger partial charge on any atom is 0.236 e. The van der Waals surface area contributed by atoms with Crippen LogP contribution < -0.4 is 0 Å². The molecule has 15 heavy (non-hydrogen) atoms. The lowest BCUT2D eigenvalue weighted by Crippen LogP contribution is -2.43. The Balaban J connectivity index is 1.73. The molecule has 0 aromatic heterocycles. The van der Waals surface area contributed by atoms with Gasteiger partial charge < -0.3 is 10.0 Å². The number of likely N-dealkylation sites (N-methyl/N-ethyl adjacent to an activating group) is 1. The van der Waals surface area contributed by atoms with Crippen LogP contribution in [0.4, 0.5) is 0 Å². The number of amides is 1. The van der Waals surface area contributed by atoms with E-state index in [0.717, 1.165) is 25.9 Å². The molecule has 2 aliphatic rings. The molecule has 4 heteroatoms. The second-order valence-corrected chi connectivity index (χ2v) is 4.74. The molecular weight excluding hydrogens is 192 g/mol. The van der Waals surface area contributed by atoms with Crippen LogP contribution in [0.3, 0.4) is 0 Å². The Morgan fingerprint density at radius 1 is 1.33 bits per heavy atom. The van der Waals surface area contributed by atoms with Crippen molar-refractivity contribution in [2.24, 2.45) is 0 Å². The van der Waals surface area contributed by atoms with Gasteiger partial charge in [0.1, 0.15) is 0 Å². The van der Waals surface area contributed by atoms with E-state index in [0.29, 0.717) is 12.6 Å². The molecular formula is C11H20N2O2. The van der Waals surface area contributed by atoms with Crippen LogP contribution in [0.5, 0.6) is 0 Å². The first kappa shape index (κ1) is 10.9. The third-order valence-electron chi connectivity index (χ3n) is 3.40. The summed E-state index contributed by atoms with van der Waals surface area (Å²) in [4.78, 5) is 15.8. The van der Waals surface area contributed by atoms with Gasteiger partial charge in [-0.1, -0.05) is 0 Å². The Labute approximate surface area is 90.9 Å². The van der Waals surface area contributed by atoms with E-state index in [4.69, 9.17) is 0 Å². The molecule has 1 saturated carbocycles. The molecule has 86 valence electrons. The molecule has 2 fully saturated rings. The number of nitrogens with zero attached hydrogens (tertiary/aromatic N) is 2. The molecule has 0 unspecified atom stereocenters. The van der Waals surface area contributed by atoms with Crippen molar-refractivity contribution >= 4 is 5.91 Å². The van der Waals surface area contributed by atoms with Gasteiger partial charge in [0, 0.05) is 26.2 Å². The van der Waals surface area contributed by atoms with E-state index in [1.165, 1.54) is 12.8 Å². The highest BCUT2D eigenvalue weighted by atomic mass is 16.3. The molecule has 2 rings (SSSR count). The Morgan fingerprint density at radius 3 is 2.47 bits per heavy atom. The van der Waals surface area contributed by atoms with Crippen LogP contribution in [0.2, 0.25) is 0 Å². The van der Waals surface area contributed by atoms with Gasteiger partial charge in [-0.25, -0.2) is 0 Å². The van der Waals surface area contributed by atoms with Crippen LogP contribution >= 0.6 is 0 Å². The van der Waals surface area contributed by atoms with E-state index in [2.05, 4.69) is 4.90 Å². The highest BCUT2D eigenvalue weighted by Gasteiger charge is 2.30. The monoisotopic (exact) mass is 212 g/mol. The van der Waals surface area contributed by atoms with Crippen LogP contribution in [-0.4, -0.2) is 59.6 Å². The van der Waals surface area contributed by atoms with Crippen molar-refractivity contribution < 1.29 is 9.90 Å². The summed E-state index contributed by atoms with van der Waals surface area (Å²) >= 11 is 0. The van der Waals surface area contributed by atoms with E-state index in [9.17, 15) is 9.90 Å². The summed E-state index contributed by atoms with van der Waals surface area (Å²) in [5.41, 5.74) is 0. The highest BCUT2D eigenvalue weighted by molar-refractivity contribution is 5.78. The number of carbonyl (C=O) groups is 1. The molecule has 0 bridgehead atoms. The normalized spacial score (nSPS) is 24.1. The Bertz CT molecular complexity index is 233. The van der Waals surface area contributed by atoms with Gasteiger partial charge in [0.25, 0.3) is 0 Å². The number of piperidine rings is 1. The first-order valence-corrected chi connectivity index (χ1v) is 5.83. The predicted molar refractivity (Wildman–Crippen MR) is 57.5 cm³/mol.